The largest absolute Gasteiger partial charge is 0.487 e. The number of para-hydroxylation sites is 1. The molecule has 0 bridgehead atoms. The molecule has 0 saturated carbocycles. The third-order valence-electron chi connectivity index (χ3n) is 4.56. The molecule has 2 aromatic carbocycles. The predicted molar refractivity (Wildman–Crippen MR) is 100 cm³/mol. The fourth-order valence-corrected chi connectivity index (χ4v) is 4.45. The Morgan fingerprint density at radius 3 is 2.65 bits per heavy atom. The number of pyridine rings is 1. The molecular weight excluding hydrogens is 348 g/mol. The van der Waals surface area contributed by atoms with Crippen molar-refractivity contribution in [3.8, 4) is 5.75 Å². The molecule has 0 aliphatic carbocycles. The first-order valence-corrected chi connectivity index (χ1v) is 10.2. The standard InChI is InChI=1S/C20H20N2O3S/c23-26(24,17-8-2-1-3-9-17)18-12-15-6-4-10-19(20(15)22-14-18)25-16-7-5-11-21-13-16/h1-4,6,8-10,12,14,16,21H,5,7,11,13H2. The molecule has 1 saturated heterocycles. The first-order chi connectivity index (χ1) is 12.6. The first-order valence-electron chi connectivity index (χ1n) is 8.71. The van der Waals surface area contributed by atoms with Crippen LogP contribution in [0, 0.1) is 0 Å². The van der Waals surface area contributed by atoms with Gasteiger partial charge in [-0.25, -0.2) is 8.42 Å². The van der Waals surface area contributed by atoms with Crippen LogP contribution in [0.2, 0.25) is 0 Å². The lowest BCUT2D eigenvalue weighted by Gasteiger charge is -2.24. The van der Waals surface area contributed by atoms with E-state index in [-0.39, 0.29) is 15.9 Å². The highest BCUT2D eigenvalue weighted by Gasteiger charge is 2.20. The number of aromatic nitrogens is 1. The van der Waals surface area contributed by atoms with Crippen molar-refractivity contribution < 1.29 is 13.2 Å². The number of rotatable bonds is 4. The number of nitrogens with one attached hydrogen (secondary N) is 1. The Hall–Kier alpha value is -2.44. The lowest BCUT2D eigenvalue weighted by atomic mass is 10.1. The van der Waals surface area contributed by atoms with Gasteiger partial charge in [0.05, 0.1) is 9.79 Å². The highest BCUT2D eigenvalue weighted by atomic mass is 32.2. The smallest absolute Gasteiger partial charge is 0.208 e. The average Bonchev–Trinajstić information content (AvgIpc) is 2.69. The number of hydrogen-bond donors (Lipinski definition) is 1. The van der Waals surface area contributed by atoms with Gasteiger partial charge in [-0.3, -0.25) is 4.98 Å². The third kappa shape index (κ3) is 3.30. The van der Waals surface area contributed by atoms with Crippen molar-refractivity contribution in [3.05, 3.63) is 60.8 Å². The number of nitrogens with zero attached hydrogens (tertiary/aromatic N) is 1. The molecule has 26 heavy (non-hydrogen) atoms. The summed E-state index contributed by atoms with van der Waals surface area (Å²) in [7, 11) is -3.58. The van der Waals surface area contributed by atoms with Crippen molar-refractivity contribution in [3.63, 3.8) is 0 Å². The van der Waals surface area contributed by atoms with Crippen LogP contribution in [0.5, 0.6) is 5.75 Å². The molecule has 6 heteroatoms. The van der Waals surface area contributed by atoms with Crippen LogP contribution in [0.3, 0.4) is 0 Å². The highest BCUT2D eigenvalue weighted by molar-refractivity contribution is 7.91. The Morgan fingerprint density at radius 2 is 1.88 bits per heavy atom. The minimum absolute atomic E-state index is 0.115. The molecule has 1 aliphatic heterocycles. The van der Waals surface area contributed by atoms with E-state index in [1.807, 2.05) is 18.2 Å². The van der Waals surface area contributed by atoms with E-state index in [1.54, 1.807) is 36.4 Å². The van der Waals surface area contributed by atoms with Crippen molar-refractivity contribution in [2.24, 2.45) is 0 Å². The van der Waals surface area contributed by atoms with Gasteiger partial charge in [0, 0.05) is 18.1 Å². The molecule has 1 fully saturated rings. The van der Waals surface area contributed by atoms with E-state index in [2.05, 4.69) is 10.3 Å². The summed E-state index contributed by atoms with van der Waals surface area (Å²) in [5.74, 6) is 0.694. The summed E-state index contributed by atoms with van der Waals surface area (Å²) < 4.78 is 31.7. The molecule has 1 aliphatic rings. The molecule has 1 N–H and O–H groups in total. The Kier molecular flexibility index (Phi) is 4.61. The topological polar surface area (TPSA) is 68.3 Å². The van der Waals surface area contributed by atoms with Crippen molar-refractivity contribution >= 4 is 20.7 Å². The van der Waals surface area contributed by atoms with Gasteiger partial charge >= 0.3 is 0 Å². The molecule has 0 radical (unpaired) electrons. The van der Waals surface area contributed by atoms with Crippen molar-refractivity contribution in [2.45, 2.75) is 28.7 Å². The van der Waals surface area contributed by atoms with Crippen LogP contribution in [0.15, 0.2) is 70.6 Å². The van der Waals surface area contributed by atoms with Crippen LogP contribution >= 0.6 is 0 Å². The van der Waals surface area contributed by atoms with Gasteiger partial charge in [-0.05, 0) is 43.7 Å². The van der Waals surface area contributed by atoms with Gasteiger partial charge < -0.3 is 10.1 Å². The molecular formula is C20H20N2O3S. The summed E-state index contributed by atoms with van der Waals surface area (Å²) in [6.45, 7) is 1.84. The minimum Gasteiger partial charge on any atom is -0.487 e. The summed E-state index contributed by atoms with van der Waals surface area (Å²) in [5, 5.41) is 4.08. The molecule has 2 heterocycles. The van der Waals surface area contributed by atoms with Gasteiger partial charge in [-0.1, -0.05) is 30.3 Å². The van der Waals surface area contributed by atoms with Gasteiger partial charge in [-0.2, -0.15) is 0 Å². The predicted octanol–water partition coefficient (Wildman–Crippen LogP) is 3.20. The summed E-state index contributed by atoms with van der Waals surface area (Å²) in [6, 6.07) is 15.7. The SMILES string of the molecule is O=S(=O)(c1ccccc1)c1cnc2c(OC3CCCNC3)cccc2c1. The second-order valence-corrected chi connectivity index (χ2v) is 8.35. The van der Waals surface area contributed by atoms with Gasteiger partial charge in [0.15, 0.2) is 0 Å². The van der Waals surface area contributed by atoms with Gasteiger partial charge in [-0.15, -0.1) is 0 Å². The van der Waals surface area contributed by atoms with Crippen LogP contribution in [-0.2, 0) is 9.84 Å². The average molecular weight is 368 g/mol. The number of benzene rings is 2. The minimum atomic E-state index is -3.58. The summed E-state index contributed by atoms with van der Waals surface area (Å²) >= 11 is 0. The Bertz CT molecular complexity index is 1010. The number of sulfone groups is 1. The van der Waals surface area contributed by atoms with Gasteiger partial charge in [0.1, 0.15) is 17.4 Å². The molecule has 1 atom stereocenters. The highest BCUT2D eigenvalue weighted by Crippen LogP contribution is 2.29. The molecule has 1 aromatic heterocycles. The zero-order valence-electron chi connectivity index (χ0n) is 14.3. The van der Waals surface area contributed by atoms with Crippen LogP contribution in [-0.4, -0.2) is 32.6 Å². The maximum atomic E-state index is 12.8. The fraction of sp³-hybridized carbons (Fsp3) is 0.250. The maximum Gasteiger partial charge on any atom is 0.208 e. The zero-order valence-corrected chi connectivity index (χ0v) is 15.1. The van der Waals surface area contributed by atoms with Crippen molar-refractivity contribution in [2.75, 3.05) is 13.1 Å². The number of ether oxygens (including phenoxy) is 1. The molecule has 3 aromatic rings. The van der Waals surface area contributed by atoms with E-state index in [4.69, 9.17) is 4.74 Å². The molecule has 0 amide bonds. The van der Waals surface area contributed by atoms with Crippen LogP contribution in [0.1, 0.15) is 12.8 Å². The first kappa shape index (κ1) is 17.0. The normalized spacial score (nSPS) is 17.9. The molecule has 5 nitrogen and oxygen atoms in total. The Labute approximate surface area is 152 Å². The lowest BCUT2D eigenvalue weighted by Crippen LogP contribution is -2.37. The van der Waals surface area contributed by atoms with Crippen LogP contribution < -0.4 is 10.1 Å². The summed E-state index contributed by atoms with van der Waals surface area (Å²) in [4.78, 5) is 4.87. The monoisotopic (exact) mass is 368 g/mol. The molecule has 1 unspecified atom stereocenters. The number of hydrogen-bond acceptors (Lipinski definition) is 5. The lowest BCUT2D eigenvalue weighted by molar-refractivity contribution is 0.169. The van der Waals surface area contributed by atoms with E-state index >= 15 is 0 Å². The Morgan fingerprint density at radius 1 is 1.04 bits per heavy atom. The van der Waals surface area contributed by atoms with E-state index < -0.39 is 9.84 Å². The quantitative estimate of drug-likeness (QED) is 0.766. The van der Waals surface area contributed by atoms with E-state index in [1.165, 1.54) is 6.20 Å². The second kappa shape index (κ2) is 7.05. The molecule has 0 spiro atoms. The van der Waals surface area contributed by atoms with Crippen molar-refractivity contribution in [1.82, 2.24) is 10.3 Å². The van der Waals surface area contributed by atoms with Gasteiger partial charge in [0.2, 0.25) is 9.84 Å². The third-order valence-corrected chi connectivity index (χ3v) is 6.29. The molecule has 134 valence electrons. The van der Waals surface area contributed by atoms with E-state index in [0.717, 1.165) is 31.3 Å². The Balaban J connectivity index is 1.70. The second-order valence-electron chi connectivity index (χ2n) is 6.40. The summed E-state index contributed by atoms with van der Waals surface area (Å²) in [5.41, 5.74) is 0.685. The van der Waals surface area contributed by atoms with Crippen LogP contribution in [0.25, 0.3) is 10.9 Å². The van der Waals surface area contributed by atoms with Crippen LogP contribution in [0.4, 0.5) is 0 Å². The number of fused-ring (bicyclic) bond motifs is 1. The van der Waals surface area contributed by atoms with E-state index in [0.29, 0.717) is 11.3 Å². The maximum absolute atomic E-state index is 12.8. The van der Waals surface area contributed by atoms with Crippen molar-refractivity contribution in [1.29, 1.82) is 0 Å². The number of piperidine rings is 1. The zero-order chi connectivity index (χ0) is 18.0. The van der Waals surface area contributed by atoms with Gasteiger partial charge in [0.25, 0.3) is 0 Å². The molecule has 4 rings (SSSR count). The summed E-state index contributed by atoms with van der Waals surface area (Å²) in [6.07, 6.45) is 3.62. The van der Waals surface area contributed by atoms with E-state index in [9.17, 15) is 8.42 Å². The fourth-order valence-electron chi connectivity index (χ4n) is 3.19.